The van der Waals surface area contributed by atoms with Gasteiger partial charge in [0.25, 0.3) is 0 Å². The van der Waals surface area contributed by atoms with Crippen molar-refractivity contribution in [3.8, 4) is 17.1 Å². The molecule has 0 unspecified atom stereocenters. The minimum Gasteiger partial charge on any atom is -0.323 e. The highest BCUT2D eigenvalue weighted by molar-refractivity contribution is 7.99. The number of benzene rings is 3. The highest BCUT2D eigenvalue weighted by atomic mass is 32.2. The van der Waals surface area contributed by atoms with Gasteiger partial charge in [0.1, 0.15) is 17.5 Å². The average molecular weight is 454 g/mol. The Bertz CT molecular complexity index is 1270. The second kappa shape index (κ2) is 9.27. The molecule has 0 saturated carbocycles. The normalized spacial score (nSPS) is 10.9. The molecular formula is C23H17F3N4OS. The fraction of sp³-hybridized carbons (Fsp3) is 0.0870. The van der Waals surface area contributed by atoms with Crippen molar-refractivity contribution >= 4 is 23.4 Å². The maximum Gasteiger partial charge on any atom is 0.234 e. The van der Waals surface area contributed by atoms with Crippen molar-refractivity contribution in [3.63, 3.8) is 0 Å². The fourth-order valence-corrected chi connectivity index (χ4v) is 3.81. The molecule has 5 nitrogen and oxygen atoms in total. The van der Waals surface area contributed by atoms with E-state index >= 15 is 0 Å². The van der Waals surface area contributed by atoms with Crippen LogP contribution in [0.2, 0.25) is 0 Å². The highest BCUT2D eigenvalue weighted by Crippen LogP contribution is 2.29. The zero-order valence-corrected chi connectivity index (χ0v) is 17.7. The number of aromatic nitrogens is 3. The monoisotopic (exact) mass is 454 g/mol. The summed E-state index contributed by atoms with van der Waals surface area (Å²) in [6.07, 6.45) is 0. The third-order valence-electron chi connectivity index (χ3n) is 4.56. The molecule has 162 valence electrons. The molecule has 0 spiro atoms. The Kier molecular flexibility index (Phi) is 6.27. The Hall–Kier alpha value is -3.59. The minimum absolute atomic E-state index is 0.0858. The number of thioether (sulfide) groups is 1. The van der Waals surface area contributed by atoms with Crippen LogP contribution < -0.4 is 5.32 Å². The molecule has 4 rings (SSSR count). The van der Waals surface area contributed by atoms with E-state index in [0.29, 0.717) is 10.8 Å². The third kappa shape index (κ3) is 4.67. The molecule has 32 heavy (non-hydrogen) atoms. The van der Waals surface area contributed by atoms with Crippen LogP contribution in [0.3, 0.4) is 0 Å². The van der Waals surface area contributed by atoms with E-state index in [1.807, 2.05) is 0 Å². The lowest BCUT2D eigenvalue weighted by Crippen LogP contribution is -2.15. The van der Waals surface area contributed by atoms with E-state index in [2.05, 4.69) is 15.5 Å². The highest BCUT2D eigenvalue weighted by Gasteiger charge is 2.20. The smallest absolute Gasteiger partial charge is 0.234 e. The first-order valence-corrected chi connectivity index (χ1v) is 10.6. The van der Waals surface area contributed by atoms with E-state index in [0.717, 1.165) is 17.3 Å². The predicted molar refractivity (Wildman–Crippen MR) is 117 cm³/mol. The van der Waals surface area contributed by atoms with Gasteiger partial charge in [-0.2, -0.15) is 0 Å². The third-order valence-corrected chi connectivity index (χ3v) is 5.49. The Morgan fingerprint density at radius 2 is 1.72 bits per heavy atom. The van der Waals surface area contributed by atoms with Gasteiger partial charge in [-0.25, -0.2) is 13.2 Å². The van der Waals surface area contributed by atoms with Gasteiger partial charge in [-0.1, -0.05) is 30.0 Å². The number of nitrogens with zero attached hydrogens (tertiary/aromatic N) is 3. The Balaban J connectivity index is 1.62. The van der Waals surface area contributed by atoms with Crippen molar-refractivity contribution in [2.24, 2.45) is 0 Å². The summed E-state index contributed by atoms with van der Waals surface area (Å²) in [5.74, 6) is -1.78. The molecule has 1 N–H and O–H groups in total. The quantitative estimate of drug-likeness (QED) is 0.397. The predicted octanol–water partition coefficient (Wildman–Crippen LogP) is 5.39. The largest absolute Gasteiger partial charge is 0.323 e. The number of carbonyl (C=O) groups excluding carboxylic acids is 1. The molecular weight excluding hydrogens is 437 g/mol. The zero-order chi connectivity index (χ0) is 22.7. The van der Waals surface area contributed by atoms with E-state index in [4.69, 9.17) is 0 Å². The van der Waals surface area contributed by atoms with Crippen molar-refractivity contribution in [3.05, 3.63) is 89.7 Å². The lowest BCUT2D eigenvalue weighted by molar-refractivity contribution is -0.113. The van der Waals surface area contributed by atoms with Crippen LogP contribution in [0.5, 0.6) is 0 Å². The summed E-state index contributed by atoms with van der Waals surface area (Å²) < 4.78 is 43.3. The number of anilines is 1. The molecule has 0 atom stereocenters. The average Bonchev–Trinajstić information content (AvgIpc) is 3.19. The maximum absolute atomic E-state index is 14.4. The Morgan fingerprint density at radius 1 is 0.969 bits per heavy atom. The molecule has 0 bridgehead atoms. The Labute approximate surface area is 186 Å². The second-order valence-electron chi connectivity index (χ2n) is 6.92. The lowest BCUT2D eigenvalue weighted by Gasteiger charge is -2.11. The van der Waals surface area contributed by atoms with Crippen LogP contribution in [-0.4, -0.2) is 26.4 Å². The fourth-order valence-electron chi connectivity index (χ4n) is 3.05. The summed E-state index contributed by atoms with van der Waals surface area (Å²) in [4.78, 5) is 12.4. The number of aryl methyl sites for hydroxylation is 1. The van der Waals surface area contributed by atoms with Gasteiger partial charge in [-0.05, 0) is 61.0 Å². The summed E-state index contributed by atoms with van der Waals surface area (Å²) in [5.41, 5.74) is 1.60. The number of amides is 1. The molecule has 9 heteroatoms. The van der Waals surface area contributed by atoms with E-state index in [1.165, 1.54) is 42.5 Å². The first-order chi connectivity index (χ1) is 15.4. The molecule has 1 amide bonds. The molecule has 3 aromatic carbocycles. The summed E-state index contributed by atoms with van der Waals surface area (Å²) in [6, 6.07) is 16.1. The Morgan fingerprint density at radius 3 is 2.47 bits per heavy atom. The van der Waals surface area contributed by atoms with Gasteiger partial charge in [-0.15, -0.1) is 10.2 Å². The van der Waals surface area contributed by atoms with Gasteiger partial charge in [-0.3, -0.25) is 9.36 Å². The summed E-state index contributed by atoms with van der Waals surface area (Å²) in [6.45, 7) is 1.79. The number of halogens is 3. The molecule has 0 aliphatic rings. The van der Waals surface area contributed by atoms with Crippen LogP contribution >= 0.6 is 11.8 Å². The second-order valence-corrected chi connectivity index (χ2v) is 7.86. The van der Waals surface area contributed by atoms with Crippen LogP contribution in [-0.2, 0) is 4.79 Å². The SMILES string of the molecule is Cc1ccc(F)c(NC(=O)CSc2nnc(-c3ccccc3F)n2-c2ccc(F)cc2)c1. The van der Waals surface area contributed by atoms with Gasteiger partial charge in [0, 0.05) is 5.69 Å². The summed E-state index contributed by atoms with van der Waals surface area (Å²) in [7, 11) is 0. The van der Waals surface area contributed by atoms with E-state index in [9.17, 15) is 18.0 Å². The molecule has 1 heterocycles. The van der Waals surface area contributed by atoms with Crippen molar-refractivity contribution < 1.29 is 18.0 Å². The number of carbonyl (C=O) groups is 1. The van der Waals surface area contributed by atoms with Gasteiger partial charge < -0.3 is 5.32 Å². The topological polar surface area (TPSA) is 59.8 Å². The number of hydrogen-bond donors (Lipinski definition) is 1. The molecule has 0 aliphatic carbocycles. The van der Waals surface area contributed by atoms with E-state index in [1.54, 1.807) is 35.8 Å². The minimum atomic E-state index is -0.537. The van der Waals surface area contributed by atoms with Gasteiger partial charge in [0.15, 0.2) is 11.0 Å². The van der Waals surface area contributed by atoms with Crippen LogP contribution in [0.1, 0.15) is 5.56 Å². The molecule has 4 aromatic rings. The molecule has 0 radical (unpaired) electrons. The van der Waals surface area contributed by atoms with E-state index < -0.39 is 23.4 Å². The molecule has 0 fully saturated rings. The van der Waals surface area contributed by atoms with Crippen molar-refractivity contribution in [2.75, 3.05) is 11.1 Å². The van der Waals surface area contributed by atoms with E-state index in [-0.39, 0.29) is 22.8 Å². The van der Waals surface area contributed by atoms with Crippen LogP contribution in [0.15, 0.2) is 71.9 Å². The first kappa shape index (κ1) is 21.6. The van der Waals surface area contributed by atoms with Crippen LogP contribution in [0.25, 0.3) is 17.1 Å². The van der Waals surface area contributed by atoms with Crippen molar-refractivity contribution in [1.29, 1.82) is 0 Å². The van der Waals surface area contributed by atoms with Gasteiger partial charge >= 0.3 is 0 Å². The molecule has 1 aromatic heterocycles. The number of hydrogen-bond acceptors (Lipinski definition) is 4. The standard InChI is InChI=1S/C23H17F3N4OS/c1-14-6-11-19(26)20(12-14)27-21(31)13-32-23-29-28-22(17-4-2-3-5-18(17)25)30(23)16-9-7-15(24)8-10-16/h2-12H,13H2,1H3,(H,27,31). The van der Waals surface area contributed by atoms with Crippen LogP contribution in [0, 0.1) is 24.4 Å². The van der Waals surface area contributed by atoms with Gasteiger partial charge in [0.05, 0.1) is 17.0 Å². The first-order valence-electron chi connectivity index (χ1n) is 9.57. The number of rotatable bonds is 6. The van der Waals surface area contributed by atoms with Crippen molar-refractivity contribution in [2.45, 2.75) is 12.1 Å². The summed E-state index contributed by atoms with van der Waals surface area (Å²) >= 11 is 1.04. The van der Waals surface area contributed by atoms with Gasteiger partial charge in [0.2, 0.25) is 5.91 Å². The maximum atomic E-state index is 14.4. The lowest BCUT2D eigenvalue weighted by atomic mass is 10.2. The number of nitrogens with one attached hydrogen (secondary N) is 1. The summed E-state index contributed by atoms with van der Waals surface area (Å²) in [5, 5.41) is 11.0. The van der Waals surface area contributed by atoms with Crippen molar-refractivity contribution in [1.82, 2.24) is 14.8 Å². The van der Waals surface area contributed by atoms with Crippen LogP contribution in [0.4, 0.5) is 18.9 Å². The molecule has 0 aliphatic heterocycles. The zero-order valence-electron chi connectivity index (χ0n) is 16.8. The molecule has 0 saturated heterocycles.